The Morgan fingerprint density at radius 1 is 1.15 bits per heavy atom. The van der Waals surface area contributed by atoms with Gasteiger partial charge >= 0.3 is 5.76 Å². The molecule has 2 aromatic carbocycles. The van der Waals surface area contributed by atoms with Crippen LogP contribution >= 0.6 is 0 Å². The maximum absolute atomic E-state index is 12.6. The smallest absolute Gasteiger partial charge is 0.408 e. The monoisotopic (exact) mass is 351 g/mol. The fourth-order valence-electron chi connectivity index (χ4n) is 3.20. The predicted molar refractivity (Wildman–Crippen MR) is 97.0 cm³/mol. The third-order valence-electron chi connectivity index (χ3n) is 4.62. The number of anilines is 2. The lowest BCUT2D eigenvalue weighted by molar-refractivity contribution is -0.122. The van der Waals surface area contributed by atoms with E-state index in [0.29, 0.717) is 23.3 Å². The van der Waals surface area contributed by atoms with Crippen LogP contribution in [0.15, 0.2) is 57.7 Å². The Balaban J connectivity index is 1.50. The van der Waals surface area contributed by atoms with Gasteiger partial charge in [-0.25, -0.2) is 4.79 Å². The molecule has 0 radical (unpaired) electrons. The van der Waals surface area contributed by atoms with Gasteiger partial charge in [0, 0.05) is 37.5 Å². The predicted octanol–water partition coefficient (Wildman–Crippen LogP) is 2.12. The third kappa shape index (κ3) is 2.77. The molecule has 7 heteroatoms. The molecule has 3 aromatic rings. The quantitative estimate of drug-likeness (QED) is 0.783. The number of nitrogens with one attached hydrogen (secondary N) is 1. The first-order valence-electron chi connectivity index (χ1n) is 8.29. The minimum absolute atomic E-state index is 0.0686. The molecule has 4 rings (SSSR count). The van der Waals surface area contributed by atoms with E-state index in [4.69, 9.17) is 4.42 Å². The Labute approximate surface area is 148 Å². The number of oxazole rings is 1. The first-order valence-corrected chi connectivity index (χ1v) is 8.29. The Morgan fingerprint density at radius 2 is 1.92 bits per heavy atom. The van der Waals surface area contributed by atoms with Gasteiger partial charge < -0.3 is 14.6 Å². The molecule has 1 N–H and O–H groups in total. The Bertz CT molecular complexity index is 1050. The molecule has 1 atom stereocenters. The van der Waals surface area contributed by atoms with Crippen molar-refractivity contribution in [1.82, 2.24) is 4.57 Å². The molecule has 7 nitrogen and oxygen atoms in total. The number of benzene rings is 2. The molecule has 0 bridgehead atoms. The molecule has 0 aliphatic carbocycles. The number of aryl methyl sites for hydroxylation is 1. The van der Waals surface area contributed by atoms with E-state index in [1.807, 2.05) is 30.3 Å². The van der Waals surface area contributed by atoms with Crippen molar-refractivity contribution in [2.45, 2.75) is 6.42 Å². The Hall–Kier alpha value is -3.35. The fraction of sp³-hybridized carbons (Fsp3) is 0.211. The topological polar surface area (TPSA) is 84.5 Å². The normalized spacial score (nSPS) is 17.0. The molecule has 1 aromatic heterocycles. The highest BCUT2D eigenvalue weighted by Gasteiger charge is 2.35. The van der Waals surface area contributed by atoms with Crippen molar-refractivity contribution < 1.29 is 14.0 Å². The van der Waals surface area contributed by atoms with Crippen LogP contribution < -0.4 is 16.0 Å². The summed E-state index contributed by atoms with van der Waals surface area (Å²) in [5.41, 5.74) is 2.38. The van der Waals surface area contributed by atoms with Gasteiger partial charge in [-0.15, -0.1) is 0 Å². The van der Waals surface area contributed by atoms with E-state index in [2.05, 4.69) is 5.32 Å². The number of fused-ring (bicyclic) bond motifs is 1. The standard InChI is InChI=1S/C19H17N3O4/c1-21-15-8-7-13(10-16(15)26-19(21)25)20-18(24)12-9-17(23)22(11-12)14-5-3-2-4-6-14/h2-8,10,12H,9,11H2,1H3,(H,20,24). The number of carbonyl (C=O) groups is 2. The largest absolute Gasteiger partial charge is 0.419 e. The maximum atomic E-state index is 12.6. The van der Waals surface area contributed by atoms with Crippen LogP contribution in [0.3, 0.4) is 0 Å². The summed E-state index contributed by atoms with van der Waals surface area (Å²) in [6.45, 7) is 0.345. The molecule has 26 heavy (non-hydrogen) atoms. The SMILES string of the molecule is Cn1c(=O)oc2cc(NC(=O)C3CC(=O)N(c4ccccc4)C3)ccc21. The Morgan fingerprint density at radius 3 is 2.69 bits per heavy atom. The summed E-state index contributed by atoms with van der Waals surface area (Å²) in [5.74, 6) is -1.18. The molecule has 1 aliphatic rings. The molecule has 1 saturated heterocycles. The van der Waals surface area contributed by atoms with Crippen molar-refractivity contribution in [2.75, 3.05) is 16.8 Å². The number of aromatic nitrogens is 1. The van der Waals surface area contributed by atoms with Crippen molar-refractivity contribution in [3.63, 3.8) is 0 Å². The highest BCUT2D eigenvalue weighted by molar-refractivity contribution is 6.03. The van der Waals surface area contributed by atoms with E-state index in [9.17, 15) is 14.4 Å². The zero-order chi connectivity index (χ0) is 18.3. The number of para-hydroxylation sites is 1. The molecular weight excluding hydrogens is 334 g/mol. The van der Waals surface area contributed by atoms with E-state index in [1.165, 1.54) is 4.57 Å². The number of amides is 2. The average Bonchev–Trinajstić information content (AvgIpc) is 3.16. The van der Waals surface area contributed by atoms with Crippen molar-refractivity contribution in [3.8, 4) is 0 Å². The Kier molecular flexibility index (Phi) is 3.84. The molecule has 132 valence electrons. The van der Waals surface area contributed by atoms with Gasteiger partial charge in [0.25, 0.3) is 0 Å². The summed E-state index contributed by atoms with van der Waals surface area (Å²) < 4.78 is 6.53. The second kappa shape index (κ2) is 6.18. The average molecular weight is 351 g/mol. The van der Waals surface area contributed by atoms with Gasteiger partial charge in [0.05, 0.1) is 11.4 Å². The third-order valence-corrected chi connectivity index (χ3v) is 4.62. The van der Waals surface area contributed by atoms with Crippen molar-refractivity contribution in [2.24, 2.45) is 13.0 Å². The van der Waals surface area contributed by atoms with E-state index < -0.39 is 11.7 Å². The molecule has 1 aliphatic heterocycles. The number of rotatable bonds is 3. The van der Waals surface area contributed by atoms with Crippen LogP contribution in [0.4, 0.5) is 11.4 Å². The highest BCUT2D eigenvalue weighted by Crippen LogP contribution is 2.26. The molecule has 0 saturated carbocycles. The first kappa shape index (κ1) is 16.1. The van der Waals surface area contributed by atoms with Crippen molar-refractivity contribution >= 4 is 34.3 Å². The van der Waals surface area contributed by atoms with E-state index in [0.717, 1.165) is 5.69 Å². The van der Waals surface area contributed by atoms with E-state index in [1.54, 1.807) is 30.1 Å². The van der Waals surface area contributed by atoms with Crippen LogP contribution in [0.1, 0.15) is 6.42 Å². The van der Waals surface area contributed by atoms with Crippen LogP contribution in [0.5, 0.6) is 0 Å². The summed E-state index contributed by atoms with van der Waals surface area (Å²) in [4.78, 5) is 38.0. The zero-order valence-corrected chi connectivity index (χ0v) is 14.1. The van der Waals surface area contributed by atoms with Gasteiger partial charge in [0.2, 0.25) is 11.8 Å². The van der Waals surface area contributed by atoms with Gasteiger partial charge in [-0.3, -0.25) is 14.2 Å². The number of hydrogen-bond donors (Lipinski definition) is 1. The summed E-state index contributed by atoms with van der Waals surface area (Å²) >= 11 is 0. The van der Waals surface area contributed by atoms with E-state index >= 15 is 0 Å². The fourth-order valence-corrected chi connectivity index (χ4v) is 3.20. The molecular formula is C19H17N3O4. The van der Waals surface area contributed by atoms with Crippen molar-refractivity contribution in [1.29, 1.82) is 0 Å². The summed E-state index contributed by atoms with van der Waals surface area (Å²) in [5, 5.41) is 2.81. The molecule has 1 unspecified atom stereocenters. The lowest BCUT2D eigenvalue weighted by Crippen LogP contribution is -2.28. The van der Waals surface area contributed by atoms with Crippen LogP contribution in [0.2, 0.25) is 0 Å². The molecule has 2 amide bonds. The summed E-state index contributed by atoms with van der Waals surface area (Å²) in [6.07, 6.45) is 0.170. The summed E-state index contributed by atoms with van der Waals surface area (Å²) in [6, 6.07) is 14.3. The van der Waals surface area contributed by atoms with Crippen molar-refractivity contribution in [3.05, 3.63) is 59.1 Å². The van der Waals surface area contributed by atoms with Crippen LogP contribution in [0.25, 0.3) is 11.1 Å². The molecule has 2 heterocycles. The van der Waals surface area contributed by atoms with Gasteiger partial charge in [-0.1, -0.05) is 18.2 Å². The van der Waals surface area contributed by atoms with E-state index in [-0.39, 0.29) is 18.2 Å². The minimum atomic E-state index is -0.455. The first-order chi connectivity index (χ1) is 12.5. The number of carbonyl (C=O) groups excluding carboxylic acids is 2. The summed E-state index contributed by atoms with van der Waals surface area (Å²) in [7, 11) is 1.62. The second-order valence-corrected chi connectivity index (χ2v) is 6.34. The van der Waals surface area contributed by atoms with Crippen LogP contribution in [-0.4, -0.2) is 22.9 Å². The second-order valence-electron chi connectivity index (χ2n) is 6.34. The maximum Gasteiger partial charge on any atom is 0.419 e. The number of nitrogens with zero attached hydrogens (tertiary/aromatic N) is 2. The number of hydrogen-bond acceptors (Lipinski definition) is 4. The zero-order valence-electron chi connectivity index (χ0n) is 14.1. The molecule has 0 spiro atoms. The highest BCUT2D eigenvalue weighted by atomic mass is 16.4. The van der Waals surface area contributed by atoms with Crippen LogP contribution in [-0.2, 0) is 16.6 Å². The molecule has 1 fully saturated rings. The van der Waals surface area contributed by atoms with Gasteiger partial charge in [-0.05, 0) is 24.3 Å². The van der Waals surface area contributed by atoms with Gasteiger partial charge in [-0.2, -0.15) is 0 Å². The lowest BCUT2D eigenvalue weighted by atomic mass is 10.1. The van der Waals surface area contributed by atoms with Gasteiger partial charge in [0.1, 0.15) is 0 Å². The lowest BCUT2D eigenvalue weighted by Gasteiger charge is -2.16. The van der Waals surface area contributed by atoms with Crippen LogP contribution in [0, 0.1) is 5.92 Å². The minimum Gasteiger partial charge on any atom is -0.408 e. The van der Waals surface area contributed by atoms with Gasteiger partial charge in [0.15, 0.2) is 5.58 Å².